The number of nitrogens with one attached hydrogen (secondary N) is 1. The molecular formula is C15H25NO4S. The van der Waals surface area contributed by atoms with Crippen LogP contribution in [0.1, 0.15) is 18.5 Å². The zero-order chi connectivity index (χ0) is 15.7. The second-order valence-corrected chi connectivity index (χ2v) is 5.67. The number of aliphatic hydroxyl groups is 2. The van der Waals surface area contributed by atoms with E-state index in [0.717, 1.165) is 29.4 Å². The third-order valence-electron chi connectivity index (χ3n) is 3.07. The minimum atomic E-state index is -0.676. The van der Waals surface area contributed by atoms with E-state index in [1.807, 2.05) is 25.1 Å². The molecule has 0 amide bonds. The van der Waals surface area contributed by atoms with Gasteiger partial charge in [0.2, 0.25) is 0 Å². The van der Waals surface area contributed by atoms with E-state index in [9.17, 15) is 5.11 Å². The van der Waals surface area contributed by atoms with Crippen molar-refractivity contribution in [3.05, 3.63) is 23.8 Å². The molecule has 1 rings (SSSR count). The molecule has 0 spiro atoms. The highest BCUT2D eigenvalue weighted by Gasteiger charge is 2.17. The van der Waals surface area contributed by atoms with Crippen LogP contribution < -0.4 is 14.8 Å². The van der Waals surface area contributed by atoms with Crippen LogP contribution in [-0.4, -0.2) is 55.2 Å². The SMILES string of the molecule is CCNC(CSCC(O)CO)c1cc(OC)ccc1OC. The van der Waals surface area contributed by atoms with Crippen molar-refractivity contribution in [2.75, 3.05) is 38.9 Å². The van der Waals surface area contributed by atoms with Crippen LogP contribution >= 0.6 is 11.8 Å². The van der Waals surface area contributed by atoms with Crippen LogP contribution in [0.4, 0.5) is 0 Å². The quantitative estimate of drug-likeness (QED) is 0.607. The number of thioether (sulfide) groups is 1. The first-order chi connectivity index (χ1) is 10.2. The van der Waals surface area contributed by atoms with E-state index in [-0.39, 0.29) is 12.6 Å². The van der Waals surface area contributed by atoms with Crippen molar-refractivity contribution in [2.24, 2.45) is 0 Å². The summed E-state index contributed by atoms with van der Waals surface area (Å²) in [4.78, 5) is 0. The van der Waals surface area contributed by atoms with Gasteiger partial charge < -0.3 is 25.0 Å². The lowest BCUT2D eigenvalue weighted by molar-refractivity contribution is 0.113. The molecule has 3 N–H and O–H groups in total. The predicted octanol–water partition coefficient (Wildman–Crippen LogP) is 1.44. The van der Waals surface area contributed by atoms with Crippen molar-refractivity contribution in [1.29, 1.82) is 0 Å². The highest BCUT2D eigenvalue weighted by Crippen LogP contribution is 2.31. The van der Waals surface area contributed by atoms with Gasteiger partial charge in [-0.3, -0.25) is 0 Å². The summed E-state index contributed by atoms with van der Waals surface area (Å²) in [5, 5.41) is 21.7. The first kappa shape index (κ1) is 18.1. The summed E-state index contributed by atoms with van der Waals surface area (Å²) in [6.07, 6.45) is -0.676. The Morgan fingerprint density at radius 1 is 1.24 bits per heavy atom. The second kappa shape index (κ2) is 9.89. The predicted molar refractivity (Wildman–Crippen MR) is 86.4 cm³/mol. The lowest BCUT2D eigenvalue weighted by Crippen LogP contribution is -2.25. The molecule has 1 aromatic rings. The number of rotatable bonds is 10. The minimum absolute atomic E-state index is 0.0935. The van der Waals surface area contributed by atoms with Crippen molar-refractivity contribution in [3.63, 3.8) is 0 Å². The summed E-state index contributed by atoms with van der Waals surface area (Å²) < 4.78 is 10.7. The van der Waals surface area contributed by atoms with Crippen LogP contribution in [0.25, 0.3) is 0 Å². The molecule has 0 aliphatic carbocycles. The Labute approximate surface area is 130 Å². The average molecular weight is 315 g/mol. The summed E-state index contributed by atoms with van der Waals surface area (Å²) in [5.41, 5.74) is 1.03. The fraction of sp³-hybridized carbons (Fsp3) is 0.600. The first-order valence-electron chi connectivity index (χ1n) is 6.98. The van der Waals surface area contributed by atoms with Crippen LogP contribution in [0.2, 0.25) is 0 Å². The van der Waals surface area contributed by atoms with E-state index in [2.05, 4.69) is 5.32 Å². The van der Waals surface area contributed by atoms with Gasteiger partial charge in [-0.1, -0.05) is 6.92 Å². The number of benzene rings is 1. The molecule has 1 aromatic carbocycles. The van der Waals surface area contributed by atoms with E-state index < -0.39 is 6.10 Å². The fourth-order valence-corrected chi connectivity index (χ4v) is 3.04. The van der Waals surface area contributed by atoms with Crippen LogP contribution in [0.15, 0.2) is 18.2 Å². The molecule has 0 heterocycles. The molecule has 0 aliphatic rings. The smallest absolute Gasteiger partial charge is 0.123 e. The molecule has 0 saturated heterocycles. The average Bonchev–Trinajstić information content (AvgIpc) is 2.53. The molecule has 0 aliphatic heterocycles. The molecule has 2 atom stereocenters. The largest absolute Gasteiger partial charge is 0.497 e. The standard InChI is InChI=1S/C15H25NO4S/c1-4-16-14(10-21-9-11(18)8-17)13-7-12(19-2)5-6-15(13)20-3/h5-7,11,14,16-18H,4,8-10H2,1-3H3. The van der Waals surface area contributed by atoms with Gasteiger partial charge in [0, 0.05) is 23.1 Å². The third-order valence-corrected chi connectivity index (χ3v) is 4.26. The zero-order valence-electron chi connectivity index (χ0n) is 12.8. The third kappa shape index (κ3) is 5.74. The van der Waals surface area contributed by atoms with Gasteiger partial charge in [0.15, 0.2) is 0 Å². The molecule has 0 saturated carbocycles. The molecule has 0 aromatic heterocycles. The number of hydrogen-bond donors (Lipinski definition) is 3. The molecule has 120 valence electrons. The van der Waals surface area contributed by atoms with Crippen molar-refractivity contribution >= 4 is 11.8 Å². The second-order valence-electron chi connectivity index (χ2n) is 4.59. The summed E-state index contributed by atoms with van der Waals surface area (Å²) >= 11 is 1.59. The van der Waals surface area contributed by atoms with Crippen LogP contribution in [0.5, 0.6) is 11.5 Å². The Morgan fingerprint density at radius 2 is 2.00 bits per heavy atom. The molecule has 6 heteroatoms. The lowest BCUT2D eigenvalue weighted by Gasteiger charge is -2.21. The lowest BCUT2D eigenvalue weighted by atomic mass is 10.1. The van der Waals surface area contributed by atoms with Gasteiger partial charge in [0.25, 0.3) is 0 Å². The number of aliphatic hydroxyl groups excluding tert-OH is 2. The maximum atomic E-state index is 9.42. The van der Waals surface area contributed by atoms with Gasteiger partial charge >= 0.3 is 0 Å². The fourth-order valence-electron chi connectivity index (χ4n) is 1.99. The van der Waals surface area contributed by atoms with E-state index in [1.165, 1.54) is 0 Å². The Bertz CT molecular complexity index is 417. The summed E-state index contributed by atoms with van der Waals surface area (Å²) in [6, 6.07) is 5.82. The Balaban J connectivity index is 2.82. The highest BCUT2D eigenvalue weighted by atomic mass is 32.2. The van der Waals surface area contributed by atoms with E-state index >= 15 is 0 Å². The van der Waals surface area contributed by atoms with Crippen LogP contribution in [-0.2, 0) is 0 Å². The van der Waals surface area contributed by atoms with Gasteiger partial charge in [-0.05, 0) is 24.7 Å². The normalized spacial score (nSPS) is 13.8. The molecule has 0 radical (unpaired) electrons. The summed E-state index contributed by atoms with van der Waals surface area (Å²) in [5.74, 6) is 2.87. The Morgan fingerprint density at radius 3 is 2.57 bits per heavy atom. The Kier molecular flexibility index (Phi) is 8.52. The van der Waals surface area contributed by atoms with Crippen molar-refractivity contribution in [1.82, 2.24) is 5.32 Å². The number of hydrogen-bond acceptors (Lipinski definition) is 6. The van der Waals surface area contributed by atoms with Crippen LogP contribution in [0.3, 0.4) is 0 Å². The van der Waals surface area contributed by atoms with Gasteiger partial charge in [-0.2, -0.15) is 11.8 Å². The zero-order valence-corrected chi connectivity index (χ0v) is 13.7. The molecule has 5 nitrogen and oxygen atoms in total. The van der Waals surface area contributed by atoms with Gasteiger partial charge in [-0.15, -0.1) is 0 Å². The number of methoxy groups -OCH3 is 2. The molecule has 0 fully saturated rings. The highest BCUT2D eigenvalue weighted by molar-refractivity contribution is 7.99. The molecule has 21 heavy (non-hydrogen) atoms. The summed E-state index contributed by atoms with van der Waals surface area (Å²) in [6.45, 7) is 2.67. The van der Waals surface area contributed by atoms with Crippen molar-refractivity contribution < 1.29 is 19.7 Å². The first-order valence-corrected chi connectivity index (χ1v) is 8.13. The molecular weight excluding hydrogens is 290 g/mol. The minimum Gasteiger partial charge on any atom is -0.497 e. The topological polar surface area (TPSA) is 71.0 Å². The van der Waals surface area contributed by atoms with Crippen molar-refractivity contribution in [3.8, 4) is 11.5 Å². The maximum Gasteiger partial charge on any atom is 0.123 e. The molecule has 0 bridgehead atoms. The number of ether oxygens (including phenoxy) is 2. The van der Waals surface area contributed by atoms with Gasteiger partial charge in [0.1, 0.15) is 11.5 Å². The van der Waals surface area contributed by atoms with Crippen molar-refractivity contribution in [2.45, 2.75) is 19.1 Å². The Hall–Kier alpha value is -0.950. The molecule has 2 unspecified atom stereocenters. The van der Waals surface area contributed by atoms with Gasteiger partial charge in [-0.25, -0.2) is 0 Å². The monoisotopic (exact) mass is 315 g/mol. The van der Waals surface area contributed by atoms with E-state index in [1.54, 1.807) is 26.0 Å². The van der Waals surface area contributed by atoms with E-state index in [4.69, 9.17) is 14.6 Å². The van der Waals surface area contributed by atoms with Gasteiger partial charge in [0.05, 0.1) is 26.9 Å². The summed E-state index contributed by atoms with van der Waals surface area (Å²) in [7, 11) is 3.29. The van der Waals surface area contributed by atoms with E-state index in [0.29, 0.717) is 5.75 Å². The maximum absolute atomic E-state index is 9.42. The van der Waals surface area contributed by atoms with Crippen LogP contribution in [0, 0.1) is 0 Å².